The van der Waals surface area contributed by atoms with Crippen molar-refractivity contribution in [3.63, 3.8) is 0 Å². The molecular weight excluding hydrogens is 392 g/mol. The van der Waals surface area contributed by atoms with Crippen molar-refractivity contribution in [1.29, 1.82) is 0 Å². The SMILES string of the molecule is CCn1c(=O)c(N2CCC(NC(=O)Nc3cc(C)ccc3C)CC2)nc2cccnc21. The lowest BCUT2D eigenvalue weighted by atomic mass is 10.1. The van der Waals surface area contributed by atoms with Gasteiger partial charge in [0.1, 0.15) is 5.52 Å². The van der Waals surface area contributed by atoms with Crippen molar-refractivity contribution in [2.45, 2.75) is 46.2 Å². The molecule has 162 valence electrons. The zero-order valence-corrected chi connectivity index (χ0v) is 18.2. The van der Waals surface area contributed by atoms with Crippen LogP contribution in [0.2, 0.25) is 0 Å². The molecule has 0 unspecified atom stereocenters. The van der Waals surface area contributed by atoms with E-state index in [9.17, 15) is 9.59 Å². The molecule has 1 aliphatic rings. The second-order valence-corrected chi connectivity index (χ2v) is 8.01. The lowest BCUT2D eigenvalue weighted by molar-refractivity contribution is 0.246. The maximum atomic E-state index is 13.0. The highest BCUT2D eigenvalue weighted by Crippen LogP contribution is 2.19. The Labute approximate surface area is 181 Å². The van der Waals surface area contributed by atoms with Crippen LogP contribution in [0.4, 0.5) is 16.3 Å². The summed E-state index contributed by atoms with van der Waals surface area (Å²) >= 11 is 0. The molecule has 4 rings (SSSR count). The fourth-order valence-corrected chi connectivity index (χ4v) is 4.01. The Bertz CT molecular complexity index is 1160. The fraction of sp³-hybridized carbons (Fsp3) is 0.391. The lowest BCUT2D eigenvalue weighted by Crippen LogP contribution is -2.47. The number of carbonyl (C=O) groups excluding carboxylic acids is 1. The number of benzene rings is 1. The smallest absolute Gasteiger partial charge is 0.319 e. The van der Waals surface area contributed by atoms with Crippen LogP contribution in [-0.4, -0.2) is 39.7 Å². The highest BCUT2D eigenvalue weighted by atomic mass is 16.2. The van der Waals surface area contributed by atoms with Gasteiger partial charge in [-0.1, -0.05) is 12.1 Å². The number of anilines is 2. The van der Waals surface area contributed by atoms with Crippen molar-refractivity contribution >= 4 is 28.7 Å². The molecule has 1 aromatic carbocycles. The largest absolute Gasteiger partial charge is 0.352 e. The first kappa shape index (κ1) is 20.8. The van der Waals surface area contributed by atoms with Crippen molar-refractivity contribution < 1.29 is 4.79 Å². The summed E-state index contributed by atoms with van der Waals surface area (Å²) < 4.78 is 1.67. The van der Waals surface area contributed by atoms with Gasteiger partial charge in [0.25, 0.3) is 5.56 Å². The fourth-order valence-electron chi connectivity index (χ4n) is 4.01. The number of pyridine rings is 1. The Kier molecular flexibility index (Phi) is 5.88. The van der Waals surface area contributed by atoms with Crippen LogP contribution in [0, 0.1) is 13.8 Å². The summed E-state index contributed by atoms with van der Waals surface area (Å²) in [6, 6.07) is 9.55. The lowest BCUT2D eigenvalue weighted by Gasteiger charge is -2.33. The van der Waals surface area contributed by atoms with Gasteiger partial charge in [0.05, 0.1) is 0 Å². The summed E-state index contributed by atoms with van der Waals surface area (Å²) in [7, 11) is 0. The van der Waals surface area contributed by atoms with Gasteiger partial charge in [-0.2, -0.15) is 0 Å². The molecule has 31 heavy (non-hydrogen) atoms. The van der Waals surface area contributed by atoms with Gasteiger partial charge < -0.3 is 15.5 Å². The molecular formula is C23H28N6O2. The molecule has 0 bridgehead atoms. The third-order valence-corrected chi connectivity index (χ3v) is 5.77. The number of aromatic nitrogens is 3. The minimum Gasteiger partial charge on any atom is -0.352 e. The zero-order valence-electron chi connectivity index (χ0n) is 18.2. The topological polar surface area (TPSA) is 92.2 Å². The molecule has 8 nitrogen and oxygen atoms in total. The van der Waals surface area contributed by atoms with Gasteiger partial charge in [0.15, 0.2) is 11.5 Å². The third kappa shape index (κ3) is 4.38. The van der Waals surface area contributed by atoms with Crippen LogP contribution in [0.1, 0.15) is 30.9 Å². The maximum Gasteiger partial charge on any atom is 0.319 e. The Balaban J connectivity index is 1.42. The first-order valence-electron chi connectivity index (χ1n) is 10.7. The Morgan fingerprint density at radius 3 is 2.71 bits per heavy atom. The van der Waals surface area contributed by atoms with E-state index in [1.54, 1.807) is 10.8 Å². The summed E-state index contributed by atoms with van der Waals surface area (Å²) in [4.78, 5) is 36.4. The van der Waals surface area contributed by atoms with E-state index in [1.165, 1.54) is 0 Å². The minimum atomic E-state index is -0.199. The number of urea groups is 1. The van der Waals surface area contributed by atoms with Gasteiger partial charge >= 0.3 is 6.03 Å². The molecule has 1 fully saturated rings. The molecule has 3 aromatic rings. The molecule has 0 radical (unpaired) electrons. The number of hydrogen-bond acceptors (Lipinski definition) is 5. The molecule has 8 heteroatoms. The van der Waals surface area contributed by atoms with Crippen LogP contribution in [-0.2, 0) is 6.54 Å². The maximum absolute atomic E-state index is 13.0. The number of carbonyl (C=O) groups is 1. The summed E-state index contributed by atoms with van der Waals surface area (Å²) in [5, 5.41) is 6.01. The van der Waals surface area contributed by atoms with Gasteiger partial charge in [-0.15, -0.1) is 0 Å². The second-order valence-electron chi connectivity index (χ2n) is 8.01. The van der Waals surface area contributed by atoms with Crippen molar-refractivity contribution in [2.75, 3.05) is 23.3 Å². The Hall–Kier alpha value is -3.42. The number of rotatable bonds is 4. The van der Waals surface area contributed by atoms with Gasteiger partial charge in [-0.25, -0.2) is 14.8 Å². The first-order chi connectivity index (χ1) is 15.0. The third-order valence-electron chi connectivity index (χ3n) is 5.77. The molecule has 0 atom stereocenters. The average Bonchev–Trinajstić information content (AvgIpc) is 2.76. The van der Waals surface area contributed by atoms with Crippen LogP contribution in [0.3, 0.4) is 0 Å². The zero-order chi connectivity index (χ0) is 22.0. The van der Waals surface area contributed by atoms with Crippen molar-refractivity contribution in [3.05, 3.63) is 58.0 Å². The molecule has 2 aromatic heterocycles. The number of nitrogens with zero attached hydrogens (tertiary/aromatic N) is 4. The van der Waals surface area contributed by atoms with Gasteiger partial charge in [0, 0.05) is 37.6 Å². The van der Waals surface area contributed by atoms with Gasteiger partial charge in [-0.05, 0) is 62.9 Å². The first-order valence-corrected chi connectivity index (χ1v) is 10.7. The van der Waals surface area contributed by atoms with E-state index >= 15 is 0 Å². The number of aryl methyl sites for hydroxylation is 3. The van der Waals surface area contributed by atoms with Crippen LogP contribution in [0.5, 0.6) is 0 Å². The Morgan fingerprint density at radius 1 is 1.19 bits per heavy atom. The molecule has 2 N–H and O–H groups in total. The summed E-state index contributed by atoms with van der Waals surface area (Å²) in [6.45, 7) is 7.77. The number of piperidine rings is 1. The van der Waals surface area contributed by atoms with Crippen molar-refractivity contribution in [2.24, 2.45) is 0 Å². The molecule has 0 saturated carbocycles. The minimum absolute atomic E-state index is 0.0527. The molecule has 1 aliphatic heterocycles. The van der Waals surface area contributed by atoms with Gasteiger partial charge in [0.2, 0.25) is 0 Å². The van der Waals surface area contributed by atoms with E-state index in [0.29, 0.717) is 36.6 Å². The highest BCUT2D eigenvalue weighted by Gasteiger charge is 2.24. The number of nitrogens with one attached hydrogen (secondary N) is 2. The van der Waals surface area contributed by atoms with Crippen LogP contribution < -0.4 is 21.1 Å². The second kappa shape index (κ2) is 8.75. The molecule has 2 amide bonds. The number of hydrogen-bond donors (Lipinski definition) is 2. The quantitative estimate of drug-likeness (QED) is 0.676. The predicted molar refractivity (Wildman–Crippen MR) is 123 cm³/mol. The van der Waals surface area contributed by atoms with Crippen molar-refractivity contribution in [1.82, 2.24) is 19.9 Å². The Morgan fingerprint density at radius 2 is 1.97 bits per heavy atom. The van der Waals surface area contributed by atoms with Crippen LogP contribution in [0.15, 0.2) is 41.3 Å². The average molecular weight is 421 g/mol. The molecule has 3 heterocycles. The van der Waals surface area contributed by atoms with Crippen molar-refractivity contribution in [3.8, 4) is 0 Å². The molecule has 1 saturated heterocycles. The normalized spacial score (nSPS) is 14.6. The monoisotopic (exact) mass is 420 g/mol. The van der Waals surface area contributed by atoms with Crippen LogP contribution in [0.25, 0.3) is 11.2 Å². The summed E-state index contributed by atoms with van der Waals surface area (Å²) in [6.07, 6.45) is 3.17. The van der Waals surface area contributed by atoms with E-state index in [0.717, 1.165) is 29.7 Å². The van der Waals surface area contributed by atoms with E-state index in [1.807, 2.05) is 56.0 Å². The van der Waals surface area contributed by atoms with Gasteiger partial charge in [-0.3, -0.25) is 9.36 Å². The molecule has 0 aliphatic carbocycles. The van der Waals surface area contributed by atoms with E-state index < -0.39 is 0 Å². The standard InChI is InChI=1S/C23H28N6O2/c1-4-29-20-18(6-5-11-24-20)26-21(22(29)30)28-12-9-17(10-13-28)25-23(31)27-19-14-15(2)7-8-16(19)3/h5-8,11,14,17H,4,9-10,12-13H2,1-3H3,(H2,25,27,31). The summed E-state index contributed by atoms with van der Waals surface area (Å²) in [5.74, 6) is 0.459. The van der Waals surface area contributed by atoms with E-state index in [-0.39, 0.29) is 17.6 Å². The van der Waals surface area contributed by atoms with E-state index in [4.69, 9.17) is 0 Å². The number of fused-ring (bicyclic) bond motifs is 1. The van der Waals surface area contributed by atoms with E-state index in [2.05, 4.69) is 20.6 Å². The predicted octanol–water partition coefficient (Wildman–Crippen LogP) is 3.22. The van der Waals surface area contributed by atoms with Crippen LogP contribution >= 0.6 is 0 Å². The summed E-state index contributed by atoms with van der Waals surface area (Å²) in [5.41, 5.74) is 4.16. The highest BCUT2D eigenvalue weighted by molar-refractivity contribution is 5.90. The molecule has 0 spiro atoms. The number of amides is 2.